The van der Waals surface area contributed by atoms with E-state index in [2.05, 4.69) is 4.98 Å². The van der Waals surface area contributed by atoms with Crippen molar-refractivity contribution in [3.63, 3.8) is 0 Å². The maximum absolute atomic E-state index is 12.5. The first kappa shape index (κ1) is 11.8. The zero-order valence-electron chi connectivity index (χ0n) is 7.38. The van der Waals surface area contributed by atoms with E-state index in [0.29, 0.717) is 0 Å². The number of nitrogens with zero attached hydrogens (tertiary/aromatic N) is 1. The number of aromatic nitrogens is 1. The fourth-order valence-electron chi connectivity index (χ4n) is 1.14. The Bertz CT molecular complexity index is 398. The number of pyridine rings is 1. The third-order valence-electron chi connectivity index (χ3n) is 1.77. The van der Waals surface area contributed by atoms with E-state index in [9.17, 15) is 13.6 Å². The topological polar surface area (TPSA) is 76.2 Å². The van der Waals surface area contributed by atoms with Gasteiger partial charge in [-0.3, -0.25) is 0 Å². The Kier molecular flexibility index (Phi) is 3.54. The minimum atomic E-state index is -2.83. The second kappa shape index (κ2) is 4.50. The standard InChI is InChI=1S/C8H7ClF2N2O2/c9-5-1-3(7(10)11)4(2-12)6(13-5)8(14)15/h1,7H,2,12H2,(H,14,15). The Labute approximate surface area is 88.7 Å². The average molecular weight is 237 g/mol. The summed E-state index contributed by atoms with van der Waals surface area (Å²) in [5, 5.41) is 8.41. The smallest absolute Gasteiger partial charge is 0.354 e. The zero-order valence-corrected chi connectivity index (χ0v) is 8.13. The highest BCUT2D eigenvalue weighted by molar-refractivity contribution is 6.29. The molecule has 1 aromatic heterocycles. The van der Waals surface area contributed by atoms with Gasteiger partial charge in [0.05, 0.1) is 0 Å². The Morgan fingerprint density at radius 1 is 1.67 bits per heavy atom. The van der Waals surface area contributed by atoms with Crippen LogP contribution in [0.4, 0.5) is 8.78 Å². The number of carboxylic acid groups (broad SMARTS) is 1. The van der Waals surface area contributed by atoms with Gasteiger partial charge >= 0.3 is 5.97 Å². The van der Waals surface area contributed by atoms with Crippen LogP contribution < -0.4 is 5.73 Å². The highest BCUT2D eigenvalue weighted by Gasteiger charge is 2.21. The van der Waals surface area contributed by atoms with Crippen molar-refractivity contribution in [2.24, 2.45) is 5.73 Å². The van der Waals surface area contributed by atoms with Crippen molar-refractivity contribution in [2.75, 3.05) is 0 Å². The number of carbonyl (C=O) groups is 1. The molecule has 0 aromatic carbocycles. The summed E-state index contributed by atoms with van der Waals surface area (Å²) in [5.41, 5.74) is 3.99. The van der Waals surface area contributed by atoms with Crippen LogP contribution in [0.15, 0.2) is 6.07 Å². The molecule has 15 heavy (non-hydrogen) atoms. The van der Waals surface area contributed by atoms with Gasteiger partial charge in [0.15, 0.2) is 5.69 Å². The van der Waals surface area contributed by atoms with E-state index in [1.165, 1.54) is 0 Å². The highest BCUT2D eigenvalue weighted by atomic mass is 35.5. The maximum atomic E-state index is 12.5. The normalized spacial score (nSPS) is 10.7. The van der Waals surface area contributed by atoms with Crippen LogP contribution in [0.5, 0.6) is 0 Å². The molecule has 0 saturated heterocycles. The fraction of sp³-hybridized carbons (Fsp3) is 0.250. The van der Waals surface area contributed by atoms with Crippen molar-refractivity contribution in [3.8, 4) is 0 Å². The number of carboxylic acids is 1. The van der Waals surface area contributed by atoms with Crippen molar-refractivity contribution in [1.29, 1.82) is 0 Å². The first-order valence-corrected chi connectivity index (χ1v) is 4.26. The minimum Gasteiger partial charge on any atom is -0.477 e. The van der Waals surface area contributed by atoms with E-state index in [0.717, 1.165) is 6.07 Å². The SMILES string of the molecule is NCc1c(C(F)F)cc(Cl)nc1C(=O)O. The van der Waals surface area contributed by atoms with Crippen LogP contribution in [0, 0.1) is 0 Å². The van der Waals surface area contributed by atoms with E-state index in [1.807, 2.05) is 0 Å². The van der Waals surface area contributed by atoms with Crippen molar-refractivity contribution < 1.29 is 18.7 Å². The molecule has 0 spiro atoms. The van der Waals surface area contributed by atoms with E-state index in [-0.39, 0.29) is 17.3 Å². The summed E-state index contributed by atoms with van der Waals surface area (Å²) in [4.78, 5) is 14.1. The first-order chi connectivity index (χ1) is 6.97. The lowest BCUT2D eigenvalue weighted by molar-refractivity contribution is 0.0688. The lowest BCUT2D eigenvalue weighted by atomic mass is 10.1. The van der Waals surface area contributed by atoms with Gasteiger partial charge in [0.2, 0.25) is 0 Å². The molecule has 7 heteroatoms. The minimum absolute atomic E-state index is 0.193. The average Bonchev–Trinajstić information content (AvgIpc) is 2.16. The van der Waals surface area contributed by atoms with E-state index < -0.39 is 23.7 Å². The highest BCUT2D eigenvalue weighted by Crippen LogP contribution is 2.27. The van der Waals surface area contributed by atoms with Gasteiger partial charge in [-0.1, -0.05) is 11.6 Å². The fourth-order valence-corrected chi connectivity index (χ4v) is 1.35. The second-order valence-corrected chi connectivity index (χ2v) is 3.06. The van der Waals surface area contributed by atoms with E-state index in [1.54, 1.807) is 0 Å². The second-order valence-electron chi connectivity index (χ2n) is 2.67. The monoisotopic (exact) mass is 236 g/mol. The predicted octanol–water partition coefficient (Wildman–Crippen LogP) is 1.83. The number of hydrogen-bond acceptors (Lipinski definition) is 3. The molecule has 1 heterocycles. The van der Waals surface area contributed by atoms with Crippen molar-refractivity contribution in [1.82, 2.24) is 4.98 Å². The number of rotatable bonds is 3. The summed E-state index contributed by atoms with van der Waals surface area (Å²) in [5.74, 6) is -1.43. The third kappa shape index (κ3) is 2.40. The van der Waals surface area contributed by atoms with E-state index >= 15 is 0 Å². The molecule has 0 aliphatic rings. The molecule has 3 N–H and O–H groups in total. The van der Waals surface area contributed by atoms with Crippen LogP contribution >= 0.6 is 11.6 Å². The van der Waals surface area contributed by atoms with Crippen LogP contribution in [0.1, 0.15) is 28.0 Å². The molecule has 0 saturated carbocycles. The molecule has 0 amide bonds. The molecule has 82 valence electrons. The zero-order chi connectivity index (χ0) is 11.6. The molecule has 1 rings (SSSR count). The number of aromatic carboxylic acids is 1. The summed E-state index contributed by atoms with van der Waals surface area (Å²) in [6, 6.07) is 0.918. The van der Waals surface area contributed by atoms with Gasteiger partial charge in [0, 0.05) is 17.7 Å². The first-order valence-electron chi connectivity index (χ1n) is 3.88. The lowest BCUT2D eigenvalue weighted by Gasteiger charge is -2.09. The van der Waals surface area contributed by atoms with E-state index in [4.69, 9.17) is 22.4 Å². The molecule has 0 bridgehead atoms. The van der Waals surface area contributed by atoms with Gasteiger partial charge in [0.25, 0.3) is 6.43 Å². The van der Waals surface area contributed by atoms with Crippen molar-refractivity contribution >= 4 is 17.6 Å². The van der Waals surface area contributed by atoms with Gasteiger partial charge in [0.1, 0.15) is 5.15 Å². The van der Waals surface area contributed by atoms with Crippen molar-refractivity contribution in [3.05, 3.63) is 28.0 Å². The number of nitrogens with two attached hydrogens (primary N) is 1. The maximum Gasteiger partial charge on any atom is 0.354 e. The van der Waals surface area contributed by atoms with Crippen LogP contribution in [-0.2, 0) is 6.54 Å². The molecule has 0 fully saturated rings. The number of hydrogen-bond donors (Lipinski definition) is 2. The van der Waals surface area contributed by atoms with Gasteiger partial charge in [-0.25, -0.2) is 18.6 Å². The van der Waals surface area contributed by atoms with Crippen molar-refractivity contribution in [2.45, 2.75) is 13.0 Å². The largest absolute Gasteiger partial charge is 0.477 e. The van der Waals surface area contributed by atoms with Crippen LogP contribution in [-0.4, -0.2) is 16.1 Å². The van der Waals surface area contributed by atoms with Crippen LogP contribution in [0.3, 0.4) is 0 Å². The summed E-state index contributed by atoms with van der Waals surface area (Å²) >= 11 is 5.42. The summed E-state index contributed by atoms with van der Waals surface area (Å²) in [6.45, 7) is -0.328. The molecule has 0 aliphatic carbocycles. The molecule has 0 unspecified atom stereocenters. The van der Waals surface area contributed by atoms with Gasteiger partial charge in [-0.15, -0.1) is 0 Å². The van der Waals surface area contributed by atoms with Gasteiger partial charge < -0.3 is 10.8 Å². The summed E-state index contributed by atoms with van der Waals surface area (Å²) < 4.78 is 25.0. The Morgan fingerprint density at radius 3 is 2.67 bits per heavy atom. The Hall–Kier alpha value is -1.27. The molecule has 0 radical (unpaired) electrons. The van der Waals surface area contributed by atoms with Gasteiger partial charge in [-0.05, 0) is 6.07 Å². The molecule has 0 atom stereocenters. The molecule has 1 aromatic rings. The van der Waals surface area contributed by atoms with Crippen LogP contribution in [0.25, 0.3) is 0 Å². The van der Waals surface area contributed by atoms with Crippen LogP contribution in [0.2, 0.25) is 5.15 Å². The summed E-state index contributed by atoms with van der Waals surface area (Å²) in [6.07, 6.45) is -2.83. The lowest BCUT2D eigenvalue weighted by Crippen LogP contribution is -2.13. The Balaban J connectivity index is 3.45. The quantitative estimate of drug-likeness (QED) is 0.785. The molecule has 0 aliphatic heterocycles. The number of alkyl halides is 2. The summed E-state index contributed by atoms with van der Waals surface area (Å²) in [7, 11) is 0. The molecule has 4 nitrogen and oxygen atoms in total. The molecular weight excluding hydrogens is 230 g/mol. The van der Waals surface area contributed by atoms with Gasteiger partial charge in [-0.2, -0.15) is 0 Å². The number of halogens is 3. The third-order valence-corrected chi connectivity index (χ3v) is 1.96. The molecular formula is C8H7ClF2N2O2. The predicted molar refractivity (Wildman–Crippen MR) is 49.1 cm³/mol. The Morgan fingerprint density at radius 2 is 2.27 bits per heavy atom.